The Morgan fingerprint density at radius 1 is 1.28 bits per heavy atom. The van der Waals surface area contributed by atoms with Crippen molar-refractivity contribution in [3.05, 3.63) is 40.3 Å². The number of aromatic nitrogens is 2. The lowest BCUT2D eigenvalue weighted by molar-refractivity contribution is -0.121. The molecule has 0 radical (unpaired) electrons. The summed E-state index contributed by atoms with van der Waals surface area (Å²) in [5.41, 5.74) is 1.92. The molecule has 0 spiro atoms. The zero-order chi connectivity index (χ0) is 20.2. The first-order chi connectivity index (χ1) is 14.0. The van der Waals surface area contributed by atoms with Gasteiger partial charge in [0.25, 0.3) is 5.91 Å². The zero-order valence-electron chi connectivity index (χ0n) is 16.5. The van der Waals surface area contributed by atoms with E-state index in [0.29, 0.717) is 11.7 Å². The summed E-state index contributed by atoms with van der Waals surface area (Å²) >= 11 is 3.02. The van der Waals surface area contributed by atoms with E-state index in [1.807, 2.05) is 29.6 Å². The Bertz CT molecular complexity index is 930. The van der Waals surface area contributed by atoms with E-state index in [0.717, 1.165) is 40.6 Å². The Hall–Kier alpha value is -1.91. The summed E-state index contributed by atoms with van der Waals surface area (Å²) in [4.78, 5) is 23.5. The fourth-order valence-electron chi connectivity index (χ4n) is 3.45. The van der Waals surface area contributed by atoms with Gasteiger partial charge >= 0.3 is 0 Å². The van der Waals surface area contributed by atoms with Gasteiger partial charge in [0.05, 0.1) is 34.7 Å². The molecule has 1 aliphatic heterocycles. The zero-order valence-corrected chi connectivity index (χ0v) is 18.1. The smallest absolute Gasteiger partial charge is 0.252 e. The third-order valence-electron chi connectivity index (χ3n) is 4.48. The summed E-state index contributed by atoms with van der Waals surface area (Å²) in [6, 6.07) is 7.95. The van der Waals surface area contributed by atoms with Crippen LogP contribution in [0.15, 0.2) is 29.6 Å². The van der Waals surface area contributed by atoms with Crippen LogP contribution in [0, 0.1) is 0 Å². The number of anilines is 1. The van der Waals surface area contributed by atoms with Crippen LogP contribution in [0.3, 0.4) is 0 Å². The Morgan fingerprint density at radius 3 is 2.86 bits per heavy atom. The van der Waals surface area contributed by atoms with Crippen LogP contribution in [-0.2, 0) is 27.4 Å². The van der Waals surface area contributed by atoms with E-state index in [1.54, 1.807) is 11.3 Å². The minimum absolute atomic E-state index is 0.0245. The molecule has 1 amide bonds. The maximum atomic E-state index is 12.1. The van der Waals surface area contributed by atoms with Crippen molar-refractivity contribution in [1.29, 1.82) is 0 Å². The number of nitrogens with zero attached hydrogens (tertiary/aromatic N) is 3. The molecule has 0 aliphatic carbocycles. The number of para-hydroxylation sites is 1. The number of morpholine rings is 1. The summed E-state index contributed by atoms with van der Waals surface area (Å²) in [6.07, 6.45) is 0.452. The first-order valence-electron chi connectivity index (χ1n) is 9.59. The molecule has 2 atom stereocenters. The maximum absolute atomic E-state index is 12.1. The highest BCUT2D eigenvalue weighted by atomic mass is 32.1. The van der Waals surface area contributed by atoms with E-state index in [9.17, 15) is 4.79 Å². The molecule has 3 aromatic rings. The molecule has 1 aromatic carbocycles. The predicted molar refractivity (Wildman–Crippen MR) is 115 cm³/mol. The number of ether oxygens (including phenoxy) is 2. The van der Waals surface area contributed by atoms with Gasteiger partial charge < -0.3 is 9.47 Å². The number of benzene rings is 1. The van der Waals surface area contributed by atoms with Crippen LogP contribution in [0.4, 0.5) is 5.13 Å². The number of rotatable bonds is 7. The molecule has 0 bridgehead atoms. The van der Waals surface area contributed by atoms with Crippen LogP contribution in [0.1, 0.15) is 24.5 Å². The van der Waals surface area contributed by atoms with Gasteiger partial charge in [-0.25, -0.2) is 9.97 Å². The van der Waals surface area contributed by atoms with Gasteiger partial charge in [0, 0.05) is 25.0 Å². The molecule has 4 rings (SSSR count). The fraction of sp³-hybridized carbons (Fsp3) is 0.450. The van der Waals surface area contributed by atoms with Crippen LogP contribution in [-0.4, -0.2) is 52.7 Å². The van der Waals surface area contributed by atoms with Crippen molar-refractivity contribution in [2.24, 2.45) is 0 Å². The second kappa shape index (κ2) is 9.27. The van der Waals surface area contributed by atoms with Crippen LogP contribution in [0.2, 0.25) is 0 Å². The molecule has 29 heavy (non-hydrogen) atoms. The standard InChI is InChI=1S/C20H24N4O3S2/c1-13-7-24(8-14(2)27-13)9-15-12-28-20(21-15)23-18(25)10-26-11-19-22-16-5-3-4-6-17(16)29-19/h3-6,12-14H,7-11H2,1-2H3,(H,21,23,25)/t13-,14-/m0/s1. The fourth-order valence-corrected chi connectivity index (χ4v) is 5.07. The monoisotopic (exact) mass is 432 g/mol. The number of fused-ring (bicyclic) bond motifs is 1. The summed E-state index contributed by atoms with van der Waals surface area (Å²) < 4.78 is 12.4. The molecule has 3 heterocycles. The van der Waals surface area contributed by atoms with Crippen molar-refractivity contribution < 1.29 is 14.3 Å². The van der Waals surface area contributed by atoms with E-state index >= 15 is 0 Å². The molecule has 9 heteroatoms. The van der Waals surface area contributed by atoms with Gasteiger partial charge in [-0.05, 0) is 26.0 Å². The molecular formula is C20H24N4O3S2. The highest BCUT2D eigenvalue weighted by Gasteiger charge is 2.22. The number of carbonyl (C=O) groups is 1. The lowest BCUT2D eigenvalue weighted by atomic mass is 10.2. The van der Waals surface area contributed by atoms with Crippen LogP contribution < -0.4 is 5.32 Å². The Labute approximate surface area is 177 Å². The molecule has 0 unspecified atom stereocenters. The Morgan fingerprint density at radius 2 is 2.07 bits per heavy atom. The first-order valence-corrected chi connectivity index (χ1v) is 11.3. The van der Waals surface area contributed by atoms with E-state index in [1.165, 1.54) is 11.3 Å². The Balaban J connectivity index is 1.22. The average Bonchev–Trinajstić information content (AvgIpc) is 3.27. The minimum Gasteiger partial charge on any atom is -0.373 e. The number of nitrogens with one attached hydrogen (secondary N) is 1. The normalized spacial score (nSPS) is 20.2. The topological polar surface area (TPSA) is 76.6 Å². The number of amides is 1. The molecule has 154 valence electrons. The molecular weight excluding hydrogens is 408 g/mol. The number of thiazole rings is 2. The largest absolute Gasteiger partial charge is 0.373 e. The summed E-state index contributed by atoms with van der Waals surface area (Å²) in [7, 11) is 0. The molecule has 1 saturated heterocycles. The lowest BCUT2D eigenvalue weighted by Gasteiger charge is -2.34. The van der Waals surface area contributed by atoms with Crippen molar-refractivity contribution in [3.8, 4) is 0 Å². The molecule has 0 saturated carbocycles. The van der Waals surface area contributed by atoms with Crippen molar-refractivity contribution in [2.75, 3.05) is 25.0 Å². The quantitative estimate of drug-likeness (QED) is 0.616. The van der Waals surface area contributed by atoms with Gasteiger partial charge in [0.2, 0.25) is 0 Å². The SMILES string of the molecule is C[C@H]1CN(Cc2csc(NC(=O)COCc3nc4ccccc4s3)n2)C[C@H](C)O1. The molecule has 1 N–H and O–H groups in total. The van der Waals surface area contributed by atoms with Gasteiger partial charge in [0.1, 0.15) is 11.6 Å². The van der Waals surface area contributed by atoms with E-state index in [2.05, 4.69) is 34.0 Å². The van der Waals surface area contributed by atoms with Gasteiger partial charge in [-0.2, -0.15) is 0 Å². The highest BCUT2D eigenvalue weighted by molar-refractivity contribution is 7.18. The predicted octanol–water partition coefficient (Wildman–Crippen LogP) is 3.52. The second-order valence-electron chi connectivity index (χ2n) is 7.21. The lowest BCUT2D eigenvalue weighted by Crippen LogP contribution is -2.44. The number of carbonyl (C=O) groups excluding carboxylic acids is 1. The average molecular weight is 433 g/mol. The Kier molecular flexibility index (Phi) is 6.51. The molecule has 1 aliphatic rings. The highest BCUT2D eigenvalue weighted by Crippen LogP contribution is 2.22. The first kappa shape index (κ1) is 20.4. The van der Waals surface area contributed by atoms with Gasteiger partial charge in [-0.3, -0.25) is 15.0 Å². The van der Waals surface area contributed by atoms with E-state index < -0.39 is 0 Å². The summed E-state index contributed by atoms with van der Waals surface area (Å²) in [6.45, 7) is 7.02. The number of hydrogen-bond acceptors (Lipinski definition) is 8. The van der Waals surface area contributed by atoms with Crippen LogP contribution >= 0.6 is 22.7 Å². The summed E-state index contributed by atoms with van der Waals surface area (Å²) in [5, 5.41) is 6.27. The van der Waals surface area contributed by atoms with Crippen molar-refractivity contribution in [2.45, 2.75) is 39.2 Å². The third-order valence-corrected chi connectivity index (χ3v) is 6.29. The maximum Gasteiger partial charge on any atom is 0.252 e. The summed E-state index contributed by atoms with van der Waals surface area (Å²) in [5.74, 6) is -0.208. The van der Waals surface area contributed by atoms with Crippen molar-refractivity contribution >= 4 is 43.9 Å². The van der Waals surface area contributed by atoms with E-state index in [4.69, 9.17) is 9.47 Å². The van der Waals surface area contributed by atoms with Crippen LogP contribution in [0.25, 0.3) is 10.2 Å². The second-order valence-corrected chi connectivity index (χ2v) is 9.19. The van der Waals surface area contributed by atoms with Gasteiger partial charge in [-0.15, -0.1) is 22.7 Å². The van der Waals surface area contributed by atoms with Gasteiger partial charge in [-0.1, -0.05) is 12.1 Å². The van der Waals surface area contributed by atoms with Crippen molar-refractivity contribution in [3.63, 3.8) is 0 Å². The van der Waals surface area contributed by atoms with Gasteiger partial charge in [0.15, 0.2) is 5.13 Å². The van der Waals surface area contributed by atoms with Crippen LogP contribution in [0.5, 0.6) is 0 Å². The molecule has 7 nitrogen and oxygen atoms in total. The minimum atomic E-state index is -0.208. The third kappa shape index (κ3) is 5.58. The van der Waals surface area contributed by atoms with Crippen molar-refractivity contribution in [1.82, 2.24) is 14.9 Å². The number of hydrogen-bond donors (Lipinski definition) is 1. The molecule has 2 aromatic heterocycles. The van der Waals surface area contributed by atoms with E-state index in [-0.39, 0.29) is 24.7 Å². The molecule has 1 fully saturated rings.